The highest BCUT2D eigenvalue weighted by atomic mass is 35.5. The van der Waals surface area contributed by atoms with Crippen LogP contribution >= 0.6 is 34.8 Å². The lowest BCUT2D eigenvalue weighted by molar-refractivity contribution is -0.127. The van der Waals surface area contributed by atoms with Crippen LogP contribution in [0.3, 0.4) is 0 Å². The fourth-order valence-electron chi connectivity index (χ4n) is 4.06. The summed E-state index contributed by atoms with van der Waals surface area (Å²) < 4.78 is 6.78. The van der Waals surface area contributed by atoms with Crippen molar-refractivity contribution in [3.05, 3.63) is 68.6 Å². The number of anilines is 1. The Bertz CT molecular complexity index is 1050. The number of carbonyl (C=O) groups is 1. The average Bonchev–Trinajstić information content (AvgIpc) is 3.34. The molecule has 4 rings (SSSR count). The van der Waals surface area contributed by atoms with Gasteiger partial charge >= 0.3 is 0 Å². The predicted octanol–water partition coefficient (Wildman–Crippen LogP) is 5.28. The molecule has 2 atom stereocenters. The summed E-state index contributed by atoms with van der Waals surface area (Å²) in [4.78, 5) is 15.6. The molecule has 158 valence electrons. The first-order valence-electron chi connectivity index (χ1n) is 9.58. The minimum Gasteiger partial charge on any atom is -0.505 e. The van der Waals surface area contributed by atoms with E-state index >= 15 is 0 Å². The number of allylic oxidation sites excluding steroid dienone is 1. The second-order valence-corrected chi connectivity index (χ2v) is 8.52. The van der Waals surface area contributed by atoms with Crippen LogP contribution in [0.15, 0.2) is 48.0 Å². The summed E-state index contributed by atoms with van der Waals surface area (Å²) in [5.74, 6) is 0.579. The highest BCUT2D eigenvalue weighted by Crippen LogP contribution is 2.41. The van der Waals surface area contributed by atoms with Crippen molar-refractivity contribution >= 4 is 46.5 Å². The highest BCUT2D eigenvalue weighted by molar-refractivity contribution is 6.42. The SMILES string of the molecule is CO/C=C/C1CCCN1C(=O)C1=C(C)Nc2c(Cl)cnn2C1c1ccc(Cl)c(Cl)c1. The van der Waals surface area contributed by atoms with Crippen molar-refractivity contribution in [1.29, 1.82) is 0 Å². The summed E-state index contributed by atoms with van der Waals surface area (Å²) >= 11 is 18.8. The molecule has 0 radical (unpaired) electrons. The van der Waals surface area contributed by atoms with Gasteiger partial charge < -0.3 is 15.0 Å². The molecule has 1 amide bonds. The maximum atomic E-state index is 13.8. The Labute approximate surface area is 190 Å². The Balaban J connectivity index is 1.80. The number of rotatable bonds is 4. The Morgan fingerprint density at radius 1 is 1.27 bits per heavy atom. The Hall–Kier alpha value is -2.15. The molecule has 0 aliphatic carbocycles. The topological polar surface area (TPSA) is 59.4 Å². The number of ether oxygens (including phenoxy) is 1. The number of nitrogens with zero attached hydrogens (tertiary/aromatic N) is 3. The summed E-state index contributed by atoms with van der Waals surface area (Å²) in [6.45, 7) is 2.55. The highest BCUT2D eigenvalue weighted by Gasteiger charge is 2.38. The molecule has 1 N–H and O–H groups in total. The minimum atomic E-state index is -0.483. The molecule has 1 saturated heterocycles. The van der Waals surface area contributed by atoms with Crippen molar-refractivity contribution in [2.24, 2.45) is 0 Å². The number of likely N-dealkylation sites (tertiary alicyclic amines) is 1. The van der Waals surface area contributed by atoms with Crippen LogP contribution in [0.2, 0.25) is 15.1 Å². The van der Waals surface area contributed by atoms with Gasteiger partial charge in [0.2, 0.25) is 0 Å². The smallest absolute Gasteiger partial charge is 0.254 e. The summed E-state index contributed by atoms with van der Waals surface area (Å²) in [5.41, 5.74) is 2.13. The third-order valence-corrected chi connectivity index (χ3v) is 6.48. The van der Waals surface area contributed by atoms with E-state index in [2.05, 4.69) is 10.4 Å². The van der Waals surface area contributed by atoms with E-state index in [1.165, 1.54) is 0 Å². The van der Waals surface area contributed by atoms with Crippen molar-refractivity contribution in [2.75, 3.05) is 19.0 Å². The zero-order valence-corrected chi connectivity index (χ0v) is 18.8. The third-order valence-electron chi connectivity index (χ3n) is 5.47. The van der Waals surface area contributed by atoms with E-state index in [0.29, 0.717) is 33.0 Å². The van der Waals surface area contributed by atoms with Gasteiger partial charge in [0.25, 0.3) is 5.91 Å². The number of aromatic nitrogens is 2. The van der Waals surface area contributed by atoms with Crippen LogP contribution in [0.1, 0.15) is 31.4 Å². The van der Waals surface area contributed by atoms with Crippen molar-refractivity contribution in [2.45, 2.75) is 31.8 Å². The van der Waals surface area contributed by atoms with Crippen molar-refractivity contribution in [3.8, 4) is 0 Å². The van der Waals surface area contributed by atoms with Gasteiger partial charge in [0, 0.05) is 12.2 Å². The van der Waals surface area contributed by atoms with Crippen LogP contribution in [0, 0.1) is 0 Å². The van der Waals surface area contributed by atoms with E-state index in [1.54, 1.807) is 36.4 Å². The fourth-order valence-corrected chi connectivity index (χ4v) is 4.55. The van der Waals surface area contributed by atoms with Crippen LogP contribution in [0.5, 0.6) is 0 Å². The zero-order valence-electron chi connectivity index (χ0n) is 16.5. The lowest BCUT2D eigenvalue weighted by Crippen LogP contribution is -2.40. The van der Waals surface area contributed by atoms with Crippen molar-refractivity contribution < 1.29 is 9.53 Å². The first-order valence-corrected chi connectivity index (χ1v) is 10.7. The maximum absolute atomic E-state index is 13.8. The van der Waals surface area contributed by atoms with E-state index in [4.69, 9.17) is 39.5 Å². The van der Waals surface area contributed by atoms with Gasteiger partial charge in [-0.1, -0.05) is 40.9 Å². The predicted molar refractivity (Wildman–Crippen MR) is 119 cm³/mol. The van der Waals surface area contributed by atoms with Gasteiger partial charge in [-0.3, -0.25) is 4.79 Å². The van der Waals surface area contributed by atoms with Crippen molar-refractivity contribution in [1.82, 2.24) is 14.7 Å². The largest absolute Gasteiger partial charge is 0.505 e. The molecule has 1 aromatic heterocycles. The summed E-state index contributed by atoms with van der Waals surface area (Å²) in [7, 11) is 1.60. The second kappa shape index (κ2) is 8.53. The summed E-state index contributed by atoms with van der Waals surface area (Å²) in [6, 6.07) is 4.85. The van der Waals surface area contributed by atoms with Gasteiger partial charge in [0.15, 0.2) is 0 Å². The molecule has 2 aromatic rings. The molecule has 9 heteroatoms. The molecule has 0 bridgehead atoms. The fraction of sp³-hybridized carbons (Fsp3) is 0.333. The van der Waals surface area contributed by atoms with Gasteiger partial charge in [-0.15, -0.1) is 0 Å². The number of methoxy groups -OCH3 is 1. The van der Waals surface area contributed by atoms with E-state index in [1.807, 2.05) is 24.0 Å². The number of fused-ring (bicyclic) bond motifs is 1. The van der Waals surface area contributed by atoms with Crippen LogP contribution in [0.4, 0.5) is 5.82 Å². The van der Waals surface area contributed by atoms with Gasteiger partial charge in [-0.25, -0.2) is 4.68 Å². The Morgan fingerprint density at radius 2 is 2.07 bits per heavy atom. The van der Waals surface area contributed by atoms with Crippen molar-refractivity contribution in [3.63, 3.8) is 0 Å². The number of halogens is 3. The average molecular weight is 468 g/mol. The molecule has 3 heterocycles. The standard InChI is InChI=1S/C21H21Cl3N4O2/c1-12-18(21(29)27-8-3-4-14(27)7-9-30-2)19(13-5-6-15(22)16(23)10-13)28-20(26-12)17(24)11-25-28/h5-7,9-11,14,19,26H,3-4,8H2,1-2H3/b9-7+. The number of carbonyl (C=O) groups excluding carboxylic acids is 1. The van der Waals surface area contributed by atoms with Gasteiger partial charge in [0.1, 0.15) is 16.9 Å². The van der Waals surface area contributed by atoms with E-state index in [-0.39, 0.29) is 11.9 Å². The first-order chi connectivity index (χ1) is 14.4. The van der Waals surface area contributed by atoms with Gasteiger partial charge in [-0.05, 0) is 43.5 Å². The Kier molecular flexibility index (Phi) is 6.00. The molecule has 6 nitrogen and oxygen atoms in total. The molecule has 2 aliphatic heterocycles. The van der Waals surface area contributed by atoms with Crippen LogP contribution < -0.4 is 5.32 Å². The molecule has 2 unspecified atom stereocenters. The summed E-state index contributed by atoms with van der Waals surface area (Å²) in [6.07, 6.45) is 6.93. The Morgan fingerprint density at radius 3 is 2.80 bits per heavy atom. The van der Waals surface area contributed by atoms with E-state index in [0.717, 1.165) is 24.1 Å². The lowest BCUT2D eigenvalue weighted by Gasteiger charge is -2.33. The number of benzene rings is 1. The minimum absolute atomic E-state index is 0.0187. The quantitative estimate of drug-likeness (QED) is 0.621. The second-order valence-electron chi connectivity index (χ2n) is 7.30. The number of amides is 1. The van der Waals surface area contributed by atoms with Gasteiger partial charge in [0.05, 0.1) is 41.2 Å². The molecule has 0 spiro atoms. The molecule has 2 aliphatic rings. The normalized spacial score (nSPS) is 21.2. The van der Waals surface area contributed by atoms with E-state index in [9.17, 15) is 4.79 Å². The van der Waals surface area contributed by atoms with Crippen LogP contribution in [-0.2, 0) is 9.53 Å². The van der Waals surface area contributed by atoms with Gasteiger partial charge in [-0.2, -0.15) is 5.10 Å². The lowest BCUT2D eigenvalue weighted by atomic mass is 9.94. The monoisotopic (exact) mass is 466 g/mol. The number of nitrogens with one attached hydrogen (secondary N) is 1. The van der Waals surface area contributed by atoms with Crippen LogP contribution in [-0.4, -0.2) is 40.3 Å². The first kappa shape index (κ1) is 21.1. The van der Waals surface area contributed by atoms with Crippen LogP contribution in [0.25, 0.3) is 0 Å². The number of hydrogen-bond acceptors (Lipinski definition) is 4. The molecule has 1 aromatic carbocycles. The zero-order chi connectivity index (χ0) is 21.4. The summed E-state index contributed by atoms with van der Waals surface area (Å²) in [5, 5.41) is 9.03. The molecular formula is C21H21Cl3N4O2. The van der Waals surface area contributed by atoms with E-state index < -0.39 is 6.04 Å². The molecule has 0 saturated carbocycles. The molecule has 30 heavy (non-hydrogen) atoms. The number of hydrogen-bond donors (Lipinski definition) is 1. The third kappa shape index (κ3) is 3.68. The maximum Gasteiger partial charge on any atom is 0.254 e. The molecular weight excluding hydrogens is 447 g/mol. The molecule has 1 fully saturated rings.